The maximum Gasteiger partial charge on any atom is 0.251 e. The molecule has 0 radical (unpaired) electrons. The number of fused-ring (bicyclic) bond motifs is 1. The third-order valence-corrected chi connectivity index (χ3v) is 4.14. The minimum absolute atomic E-state index is 0.172. The Morgan fingerprint density at radius 3 is 2.96 bits per heavy atom. The summed E-state index contributed by atoms with van der Waals surface area (Å²) in [6, 6.07) is 10.9. The lowest BCUT2D eigenvalue weighted by molar-refractivity contribution is 0.0950. The minimum Gasteiger partial charge on any atom is -0.494 e. The Kier molecular flexibility index (Phi) is 4.95. The van der Waals surface area contributed by atoms with Gasteiger partial charge in [0.1, 0.15) is 17.6 Å². The van der Waals surface area contributed by atoms with E-state index in [1.165, 1.54) is 0 Å². The highest BCUT2D eigenvalue weighted by atomic mass is 35.5. The molecule has 5 heteroatoms. The molecule has 1 N–H and O–H groups in total. The van der Waals surface area contributed by atoms with Crippen molar-refractivity contribution >= 4 is 17.5 Å². The smallest absolute Gasteiger partial charge is 0.251 e. The van der Waals surface area contributed by atoms with Crippen LogP contribution in [0.2, 0.25) is 5.02 Å². The molecular weight excluding hydrogens is 326 g/mol. The van der Waals surface area contributed by atoms with E-state index < -0.39 is 0 Å². The van der Waals surface area contributed by atoms with Crippen LogP contribution in [0.3, 0.4) is 0 Å². The van der Waals surface area contributed by atoms with Crippen LogP contribution in [0.5, 0.6) is 11.5 Å². The van der Waals surface area contributed by atoms with Crippen molar-refractivity contribution in [3.8, 4) is 11.5 Å². The van der Waals surface area contributed by atoms with Gasteiger partial charge in [-0.05, 0) is 44.2 Å². The zero-order chi connectivity index (χ0) is 17.1. The number of carbonyl (C=O) groups is 1. The summed E-state index contributed by atoms with van der Waals surface area (Å²) in [4.78, 5) is 12.3. The molecule has 2 aromatic rings. The van der Waals surface area contributed by atoms with Gasteiger partial charge in [-0.25, -0.2) is 0 Å². The van der Waals surface area contributed by atoms with Gasteiger partial charge in [-0.3, -0.25) is 4.79 Å². The zero-order valence-corrected chi connectivity index (χ0v) is 14.5. The van der Waals surface area contributed by atoms with Crippen molar-refractivity contribution in [2.24, 2.45) is 0 Å². The van der Waals surface area contributed by atoms with Gasteiger partial charge >= 0.3 is 0 Å². The van der Waals surface area contributed by atoms with Crippen LogP contribution in [-0.4, -0.2) is 18.6 Å². The van der Waals surface area contributed by atoms with Crippen LogP contribution in [0.1, 0.15) is 35.3 Å². The first kappa shape index (κ1) is 16.7. The molecule has 1 amide bonds. The Labute approximate surface area is 146 Å². The van der Waals surface area contributed by atoms with E-state index in [0.29, 0.717) is 23.7 Å². The summed E-state index contributed by atoms with van der Waals surface area (Å²) >= 11 is 5.93. The van der Waals surface area contributed by atoms with Crippen molar-refractivity contribution in [2.75, 3.05) is 6.61 Å². The molecule has 0 bridgehead atoms. The number of hydrogen-bond acceptors (Lipinski definition) is 3. The predicted molar refractivity (Wildman–Crippen MR) is 94.0 cm³/mol. The fraction of sp³-hybridized carbons (Fsp3) is 0.316. The number of nitrogens with one attached hydrogen (secondary N) is 1. The molecule has 1 aliphatic heterocycles. The van der Waals surface area contributed by atoms with E-state index >= 15 is 0 Å². The lowest BCUT2D eigenvalue weighted by atomic mass is 10.1. The van der Waals surface area contributed by atoms with E-state index in [9.17, 15) is 4.79 Å². The fourth-order valence-electron chi connectivity index (χ4n) is 2.82. The largest absolute Gasteiger partial charge is 0.494 e. The molecule has 0 aromatic heterocycles. The standard InChI is InChI=1S/C19H20ClNO3/c1-3-23-17-9-14-7-12(2)24-18(14)10-15(17)11-21-19(22)13-5-4-6-16(20)8-13/h4-6,8-10,12H,3,7,11H2,1-2H3,(H,21,22)/t12-/m1/s1. The highest BCUT2D eigenvalue weighted by Crippen LogP contribution is 2.35. The van der Waals surface area contributed by atoms with Crippen molar-refractivity contribution in [1.82, 2.24) is 5.32 Å². The van der Waals surface area contributed by atoms with Gasteiger partial charge in [0.25, 0.3) is 5.91 Å². The number of carbonyl (C=O) groups excluding carboxylic acids is 1. The average molecular weight is 346 g/mol. The number of halogens is 1. The van der Waals surface area contributed by atoms with E-state index in [4.69, 9.17) is 21.1 Å². The number of ether oxygens (including phenoxy) is 2. The van der Waals surface area contributed by atoms with Crippen LogP contribution in [0.15, 0.2) is 36.4 Å². The van der Waals surface area contributed by atoms with Crippen LogP contribution in [0.25, 0.3) is 0 Å². The Morgan fingerprint density at radius 2 is 2.21 bits per heavy atom. The molecule has 0 unspecified atom stereocenters. The Bertz CT molecular complexity index is 760. The van der Waals surface area contributed by atoms with Gasteiger partial charge in [-0.15, -0.1) is 0 Å². The van der Waals surface area contributed by atoms with Crippen molar-refractivity contribution < 1.29 is 14.3 Å². The average Bonchev–Trinajstić information content (AvgIpc) is 2.91. The quantitative estimate of drug-likeness (QED) is 0.891. The van der Waals surface area contributed by atoms with Crippen LogP contribution < -0.4 is 14.8 Å². The fourth-order valence-corrected chi connectivity index (χ4v) is 3.01. The van der Waals surface area contributed by atoms with Crippen LogP contribution >= 0.6 is 11.6 Å². The molecular formula is C19H20ClNO3. The summed E-state index contributed by atoms with van der Waals surface area (Å²) in [5, 5.41) is 3.45. The number of rotatable bonds is 5. The Hall–Kier alpha value is -2.20. The van der Waals surface area contributed by atoms with Crippen molar-refractivity contribution in [3.05, 3.63) is 58.1 Å². The van der Waals surface area contributed by atoms with Crippen molar-refractivity contribution in [2.45, 2.75) is 32.9 Å². The van der Waals surface area contributed by atoms with E-state index in [1.807, 2.05) is 26.0 Å². The second kappa shape index (κ2) is 7.14. The van der Waals surface area contributed by atoms with Crippen molar-refractivity contribution in [3.63, 3.8) is 0 Å². The second-order valence-corrected chi connectivity index (χ2v) is 6.26. The molecule has 3 rings (SSSR count). The summed E-state index contributed by atoms with van der Waals surface area (Å²) < 4.78 is 11.5. The molecule has 1 heterocycles. The summed E-state index contributed by atoms with van der Waals surface area (Å²) in [7, 11) is 0. The lowest BCUT2D eigenvalue weighted by Crippen LogP contribution is -2.23. The first-order valence-corrected chi connectivity index (χ1v) is 8.43. The zero-order valence-electron chi connectivity index (χ0n) is 13.8. The SMILES string of the molecule is CCOc1cc2c(cc1CNC(=O)c1cccc(Cl)c1)O[C@H](C)C2. The minimum atomic E-state index is -0.172. The van der Waals surface area contributed by atoms with E-state index in [2.05, 4.69) is 5.32 Å². The van der Waals surface area contributed by atoms with Gasteiger partial charge in [0.15, 0.2) is 0 Å². The molecule has 24 heavy (non-hydrogen) atoms. The molecule has 0 aliphatic carbocycles. The number of amides is 1. The van der Waals surface area contributed by atoms with E-state index in [0.717, 1.165) is 29.0 Å². The third kappa shape index (κ3) is 3.65. The molecule has 2 aromatic carbocycles. The Morgan fingerprint density at radius 1 is 1.38 bits per heavy atom. The summed E-state index contributed by atoms with van der Waals surface area (Å²) in [6.07, 6.45) is 1.05. The van der Waals surface area contributed by atoms with Gasteiger partial charge in [-0.1, -0.05) is 17.7 Å². The summed E-state index contributed by atoms with van der Waals surface area (Å²) in [6.45, 7) is 4.93. The normalized spacial score (nSPS) is 15.5. The van der Waals surface area contributed by atoms with Gasteiger partial charge in [0.2, 0.25) is 0 Å². The molecule has 4 nitrogen and oxygen atoms in total. The monoisotopic (exact) mass is 345 g/mol. The molecule has 1 atom stereocenters. The first-order valence-electron chi connectivity index (χ1n) is 8.06. The first-order chi connectivity index (χ1) is 11.6. The van der Waals surface area contributed by atoms with Crippen LogP contribution in [0.4, 0.5) is 0 Å². The van der Waals surface area contributed by atoms with Crippen LogP contribution in [-0.2, 0) is 13.0 Å². The molecule has 0 fully saturated rings. The van der Waals surface area contributed by atoms with Crippen molar-refractivity contribution in [1.29, 1.82) is 0 Å². The predicted octanol–water partition coefficient (Wildman–Crippen LogP) is 3.99. The highest BCUT2D eigenvalue weighted by molar-refractivity contribution is 6.30. The van der Waals surface area contributed by atoms with Crippen LogP contribution in [0, 0.1) is 0 Å². The topological polar surface area (TPSA) is 47.6 Å². The van der Waals surface area contributed by atoms with Gasteiger partial charge in [0, 0.05) is 34.7 Å². The van der Waals surface area contributed by atoms with Gasteiger partial charge < -0.3 is 14.8 Å². The Balaban J connectivity index is 1.77. The summed E-state index contributed by atoms with van der Waals surface area (Å²) in [5.74, 6) is 1.49. The molecule has 126 valence electrons. The van der Waals surface area contributed by atoms with E-state index in [-0.39, 0.29) is 12.0 Å². The lowest BCUT2D eigenvalue weighted by Gasteiger charge is -2.13. The van der Waals surface area contributed by atoms with Gasteiger partial charge in [0.05, 0.1) is 6.61 Å². The molecule has 0 saturated carbocycles. The molecule has 0 spiro atoms. The number of hydrogen-bond donors (Lipinski definition) is 1. The molecule has 0 saturated heterocycles. The number of benzene rings is 2. The highest BCUT2D eigenvalue weighted by Gasteiger charge is 2.22. The van der Waals surface area contributed by atoms with E-state index in [1.54, 1.807) is 24.3 Å². The maximum absolute atomic E-state index is 12.3. The van der Waals surface area contributed by atoms with Gasteiger partial charge in [-0.2, -0.15) is 0 Å². The second-order valence-electron chi connectivity index (χ2n) is 5.83. The summed E-state index contributed by atoms with van der Waals surface area (Å²) in [5.41, 5.74) is 2.59. The maximum atomic E-state index is 12.3. The molecule has 1 aliphatic rings. The third-order valence-electron chi connectivity index (χ3n) is 3.91.